The van der Waals surface area contributed by atoms with Crippen molar-refractivity contribution in [3.05, 3.63) is 0 Å². The van der Waals surface area contributed by atoms with Crippen molar-refractivity contribution in [1.82, 2.24) is 0 Å². The summed E-state index contributed by atoms with van der Waals surface area (Å²) in [6, 6.07) is 0. The highest BCUT2D eigenvalue weighted by Crippen LogP contribution is 2.28. The van der Waals surface area contributed by atoms with Crippen LogP contribution in [-0.4, -0.2) is 6.10 Å². The first-order valence-corrected chi connectivity index (χ1v) is 3.86. The van der Waals surface area contributed by atoms with E-state index >= 15 is 0 Å². The highest BCUT2D eigenvalue weighted by molar-refractivity contribution is 4.73. The first kappa shape index (κ1) is 7.07. The summed E-state index contributed by atoms with van der Waals surface area (Å²) >= 11 is 0. The average Bonchev–Trinajstić information content (AvgIpc) is 1.80. The van der Waals surface area contributed by atoms with Gasteiger partial charge in [-0.15, -0.1) is 0 Å². The topological polar surface area (TPSA) is 19.9 Å². The lowest BCUT2D eigenvalue weighted by Crippen LogP contribution is -2.24. The fraction of sp³-hybridized carbons (Fsp3) is 1.00. The Hall–Kier alpha value is -0.0400. The van der Waals surface area contributed by atoms with Crippen LogP contribution in [0.5, 0.6) is 0 Å². The minimum absolute atomic E-state index is 0.263. The summed E-state index contributed by atoms with van der Waals surface area (Å²) in [4.78, 5) is 0. The van der Waals surface area contributed by atoms with Gasteiger partial charge in [-0.2, -0.15) is 0 Å². The van der Waals surface area contributed by atoms with Crippen molar-refractivity contribution in [3.63, 3.8) is 0 Å². The second kappa shape index (κ2) is 2.70. The third-order valence-electron chi connectivity index (χ3n) is 2.35. The normalized spacial score (nSPS) is 45.0. The summed E-state index contributed by atoms with van der Waals surface area (Å²) < 4.78 is 0. The minimum atomic E-state index is -0.263. The van der Waals surface area contributed by atoms with E-state index in [2.05, 4.69) is 13.8 Å². The maximum Gasteiger partial charge on any atom is 0.0955 e. The molecule has 0 spiro atoms. The van der Waals surface area contributed by atoms with Crippen LogP contribution < -0.4 is 0 Å². The quantitative estimate of drug-likeness (QED) is 0.475. The predicted octanol–water partition coefficient (Wildman–Crippen LogP) is 2.24. The molecule has 1 aliphatic carbocycles. The van der Waals surface area contributed by atoms with Crippen molar-refractivity contribution in [2.24, 2.45) is 11.8 Å². The maximum atomic E-state index is 11.0. The first-order chi connectivity index (χ1) is 4.20. The number of hydrogen-bond donors (Lipinski definition) is 0. The summed E-state index contributed by atoms with van der Waals surface area (Å²) in [6.07, 6.45) is 2.94. The zero-order valence-electron chi connectivity index (χ0n) is 6.26. The van der Waals surface area contributed by atoms with Crippen LogP contribution >= 0.6 is 0 Å². The largest absolute Gasteiger partial charge is 0.233 e. The van der Waals surface area contributed by atoms with Crippen LogP contribution in [0.4, 0.5) is 0 Å². The van der Waals surface area contributed by atoms with Crippen molar-refractivity contribution in [2.45, 2.75) is 39.2 Å². The Morgan fingerprint density at radius 3 is 2.33 bits per heavy atom. The van der Waals surface area contributed by atoms with Gasteiger partial charge in [0.1, 0.15) is 0 Å². The summed E-state index contributed by atoms with van der Waals surface area (Å²) in [5.74, 6) is 1.22. The van der Waals surface area contributed by atoms with Crippen molar-refractivity contribution >= 4 is 0 Å². The number of hydrogen-bond acceptors (Lipinski definition) is 0. The van der Waals surface area contributed by atoms with E-state index in [0.717, 1.165) is 25.2 Å². The molecule has 1 fully saturated rings. The standard InChI is InChI=1S/C8H15O/c1-6-3-4-8(9)7(2)5-6/h6-8H,3-5H2,1-2H3. The molecule has 0 amide bonds. The third-order valence-corrected chi connectivity index (χ3v) is 2.35. The fourth-order valence-corrected chi connectivity index (χ4v) is 1.64. The van der Waals surface area contributed by atoms with Crippen LogP contribution in [0.25, 0.3) is 0 Å². The molecule has 0 saturated heterocycles. The highest BCUT2D eigenvalue weighted by Gasteiger charge is 2.23. The van der Waals surface area contributed by atoms with E-state index in [-0.39, 0.29) is 6.10 Å². The molecule has 3 atom stereocenters. The smallest absolute Gasteiger partial charge is 0.0955 e. The Kier molecular flexibility index (Phi) is 2.12. The van der Waals surface area contributed by atoms with Crippen molar-refractivity contribution in [3.8, 4) is 0 Å². The monoisotopic (exact) mass is 127 g/mol. The predicted molar refractivity (Wildman–Crippen MR) is 36.7 cm³/mol. The van der Waals surface area contributed by atoms with E-state index < -0.39 is 0 Å². The van der Waals surface area contributed by atoms with E-state index in [1.807, 2.05) is 0 Å². The lowest BCUT2D eigenvalue weighted by Gasteiger charge is -2.26. The molecule has 0 N–H and O–H groups in total. The fourth-order valence-electron chi connectivity index (χ4n) is 1.64. The Morgan fingerprint density at radius 1 is 1.22 bits per heavy atom. The molecule has 1 nitrogen and oxygen atoms in total. The van der Waals surface area contributed by atoms with Gasteiger partial charge in [0.25, 0.3) is 0 Å². The van der Waals surface area contributed by atoms with Gasteiger partial charge in [0.2, 0.25) is 0 Å². The molecule has 9 heavy (non-hydrogen) atoms. The second-order valence-corrected chi connectivity index (χ2v) is 3.43. The van der Waals surface area contributed by atoms with Gasteiger partial charge in [-0.05, 0) is 31.1 Å². The molecule has 53 valence electrons. The molecule has 0 aromatic heterocycles. The molecule has 1 heteroatoms. The molecular formula is C8H15O. The van der Waals surface area contributed by atoms with E-state index in [1.54, 1.807) is 0 Å². The van der Waals surface area contributed by atoms with Gasteiger partial charge in [0.05, 0.1) is 6.10 Å². The van der Waals surface area contributed by atoms with Crippen LogP contribution in [0.3, 0.4) is 0 Å². The van der Waals surface area contributed by atoms with Gasteiger partial charge in [0.15, 0.2) is 0 Å². The van der Waals surface area contributed by atoms with Gasteiger partial charge in [-0.25, -0.2) is 5.11 Å². The zero-order valence-corrected chi connectivity index (χ0v) is 6.26. The zero-order chi connectivity index (χ0) is 6.85. The Morgan fingerprint density at radius 2 is 1.89 bits per heavy atom. The summed E-state index contributed by atoms with van der Waals surface area (Å²) in [6.45, 7) is 4.32. The molecule has 1 aliphatic rings. The van der Waals surface area contributed by atoms with Gasteiger partial charge < -0.3 is 0 Å². The minimum Gasteiger partial charge on any atom is -0.233 e. The summed E-state index contributed by atoms with van der Waals surface area (Å²) in [7, 11) is 0. The Balaban J connectivity index is 2.35. The lowest BCUT2D eigenvalue weighted by atomic mass is 9.81. The van der Waals surface area contributed by atoms with Crippen molar-refractivity contribution in [1.29, 1.82) is 0 Å². The molecular weight excluding hydrogens is 112 g/mol. The van der Waals surface area contributed by atoms with Gasteiger partial charge in [-0.1, -0.05) is 13.8 Å². The molecule has 1 saturated carbocycles. The van der Waals surface area contributed by atoms with Crippen LogP contribution in [0.15, 0.2) is 0 Å². The SMILES string of the molecule is CC1CCC([O])C(C)C1. The highest BCUT2D eigenvalue weighted by atomic mass is 16.3. The Bertz CT molecular complexity index is 90.6. The summed E-state index contributed by atoms with van der Waals surface area (Å²) in [5.41, 5.74) is 0. The van der Waals surface area contributed by atoms with E-state index in [9.17, 15) is 5.11 Å². The molecule has 0 aromatic rings. The number of rotatable bonds is 0. The third kappa shape index (κ3) is 1.68. The van der Waals surface area contributed by atoms with Gasteiger partial charge in [-0.3, -0.25) is 0 Å². The molecule has 0 heterocycles. The van der Waals surface area contributed by atoms with E-state index in [4.69, 9.17) is 0 Å². The van der Waals surface area contributed by atoms with Crippen LogP contribution in [0, 0.1) is 11.8 Å². The van der Waals surface area contributed by atoms with Crippen LogP contribution in [0.2, 0.25) is 0 Å². The first-order valence-electron chi connectivity index (χ1n) is 3.86. The van der Waals surface area contributed by atoms with E-state index in [0.29, 0.717) is 5.92 Å². The second-order valence-electron chi connectivity index (χ2n) is 3.43. The van der Waals surface area contributed by atoms with Crippen LogP contribution in [-0.2, 0) is 5.11 Å². The molecule has 0 aromatic carbocycles. The molecule has 1 radical (unpaired) electrons. The van der Waals surface area contributed by atoms with Gasteiger partial charge in [0, 0.05) is 0 Å². The molecule has 0 bridgehead atoms. The summed E-state index contributed by atoms with van der Waals surface area (Å²) in [5, 5.41) is 11.0. The van der Waals surface area contributed by atoms with Crippen molar-refractivity contribution < 1.29 is 5.11 Å². The van der Waals surface area contributed by atoms with Gasteiger partial charge >= 0.3 is 0 Å². The molecule has 3 unspecified atom stereocenters. The average molecular weight is 127 g/mol. The Labute approximate surface area is 57.1 Å². The van der Waals surface area contributed by atoms with E-state index in [1.165, 1.54) is 0 Å². The molecule has 0 aliphatic heterocycles. The lowest BCUT2D eigenvalue weighted by molar-refractivity contribution is 0.00282. The maximum absolute atomic E-state index is 11.0. The van der Waals surface area contributed by atoms with Crippen molar-refractivity contribution in [2.75, 3.05) is 0 Å². The van der Waals surface area contributed by atoms with Crippen LogP contribution in [0.1, 0.15) is 33.1 Å². The molecule has 1 rings (SSSR count).